The van der Waals surface area contributed by atoms with Crippen molar-refractivity contribution in [1.82, 2.24) is 4.98 Å². The van der Waals surface area contributed by atoms with Gasteiger partial charge in [-0.3, -0.25) is 0 Å². The summed E-state index contributed by atoms with van der Waals surface area (Å²) in [7, 11) is 0. The van der Waals surface area contributed by atoms with Crippen LogP contribution in [0, 0.1) is 0 Å². The van der Waals surface area contributed by atoms with E-state index in [-0.39, 0.29) is 0 Å². The third-order valence-electron chi connectivity index (χ3n) is 2.73. The maximum absolute atomic E-state index is 12.1. The van der Waals surface area contributed by atoms with E-state index in [9.17, 15) is 8.78 Å². The zero-order chi connectivity index (χ0) is 13.2. The molecule has 0 aliphatic heterocycles. The van der Waals surface area contributed by atoms with Crippen LogP contribution >= 0.6 is 11.3 Å². The molecule has 1 heterocycles. The summed E-state index contributed by atoms with van der Waals surface area (Å²) < 4.78 is 25.4. The van der Waals surface area contributed by atoms with Crippen LogP contribution in [0.1, 0.15) is 5.56 Å². The van der Waals surface area contributed by atoms with Crippen LogP contribution in [0.25, 0.3) is 26.9 Å². The van der Waals surface area contributed by atoms with E-state index in [1.807, 2.05) is 36.4 Å². The monoisotopic (exact) mass is 273 g/mol. The van der Waals surface area contributed by atoms with E-state index in [2.05, 4.69) is 4.98 Å². The van der Waals surface area contributed by atoms with E-state index in [1.165, 1.54) is 0 Å². The largest absolute Gasteiger partial charge is 0.270 e. The predicted molar refractivity (Wildman–Crippen MR) is 75.2 cm³/mol. The Labute approximate surface area is 112 Å². The number of thiazole rings is 1. The van der Waals surface area contributed by atoms with Crippen molar-refractivity contribution in [2.75, 3.05) is 0 Å². The van der Waals surface area contributed by atoms with Crippen LogP contribution < -0.4 is 0 Å². The van der Waals surface area contributed by atoms with Crippen molar-refractivity contribution in [3.63, 3.8) is 0 Å². The second-order valence-corrected chi connectivity index (χ2v) is 5.07. The molecule has 0 saturated heterocycles. The molecule has 1 aromatic heterocycles. The minimum Gasteiger partial charge on any atom is -0.236 e. The van der Waals surface area contributed by atoms with Gasteiger partial charge in [0.25, 0.3) is 6.08 Å². The van der Waals surface area contributed by atoms with Crippen molar-refractivity contribution >= 4 is 27.6 Å². The van der Waals surface area contributed by atoms with Gasteiger partial charge in [-0.2, -0.15) is 8.78 Å². The van der Waals surface area contributed by atoms with Gasteiger partial charge in [0.05, 0.1) is 10.2 Å². The number of hydrogen-bond acceptors (Lipinski definition) is 2. The molecule has 0 amide bonds. The third kappa shape index (κ3) is 2.53. The quantitative estimate of drug-likeness (QED) is 0.625. The summed E-state index contributed by atoms with van der Waals surface area (Å²) in [6.07, 6.45) is -0.838. The lowest BCUT2D eigenvalue weighted by atomic mass is 10.1. The molecule has 0 spiro atoms. The van der Waals surface area contributed by atoms with Crippen molar-refractivity contribution in [3.05, 3.63) is 60.2 Å². The van der Waals surface area contributed by atoms with E-state index < -0.39 is 6.08 Å². The van der Waals surface area contributed by atoms with E-state index in [0.29, 0.717) is 5.56 Å². The molecule has 2 aromatic carbocycles. The van der Waals surface area contributed by atoms with E-state index in [1.54, 1.807) is 23.5 Å². The highest BCUT2D eigenvalue weighted by Gasteiger charge is 2.05. The van der Waals surface area contributed by atoms with Crippen LogP contribution in [0.4, 0.5) is 8.78 Å². The van der Waals surface area contributed by atoms with E-state index >= 15 is 0 Å². The van der Waals surface area contributed by atoms with Gasteiger partial charge in [0.15, 0.2) is 0 Å². The van der Waals surface area contributed by atoms with Crippen LogP contribution in [0.15, 0.2) is 54.6 Å². The third-order valence-corrected chi connectivity index (χ3v) is 3.81. The van der Waals surface area contributed by atoms with Crippen molar-refractivity contribution < 1.29 is 8.78 Å². The Hall–Kier alpha value is -2.07. The second kappa shape index (κ2) is 4.90. The summed E-state index contributed by atoms with van der Waals surface area (Å²) >= 11 is 1.60. The Morgan fingerprint density at radius 3 is 2.42 bits per heavy atom. The minimum absolute atomic E-state index is 0.491. The first-order valence-corrected chi connectivity index (χ1v) is 6.53. The lowest BCUT2D eigenvalue weighted by molar-refractivity contribution is 0.429. The van der Waals surface area contributed by atoms with Crippen molar-refractivity contribution in [1.29, 1.82) is 0 Å². The highest BCUT2D eigenvalue weighted by molar-refractivity contribution is 7.21. The zero-order valence-corrected chi connectivity index (χ0v) is 10.6. The SMILES string of the molecule is FC(F)=Cc1ccc(-c2nc3ccccc3s2)cc1. The van der Waals surface area contributed by atoms with Gasteiger partial charge in [0.1, 0.15) is 5.01 Å². The van der Waals surface area contributed by atoms with Crippen molar-refractivity contribution in [2.45, 2.75) is 0 Å². The minimum atomic E-state index is -1.69. The van der Waals surface area contributed by atoms with Gasteiger partial charge < -0.3 is 0 Å². The van der Waals surface area contributed by atoms with Crippen molar-refractivity contribution in [2.24, 2.45) is 0 Å². The van der Waals surface area contributed by atoms with E-state index in [0.717, 1.165) is 26.9 Å². The molecule has 0 atom stereocenters. The molecule has 94 valence electrons. The molecule has 1 nitrogen and oxygen atoms in total. The first kappa shape index (κ1) is 12.0. The first-order chi connectivity index (χ1) is 9.22. The Balaban J connectivity index is 1.99. The molecular formula is C15H9F2NS. The molecule has 0 N–H and O–H groups in total. The molecular weight excluding hydrogens is 264 g/mol. The zero-order valence-electron chi connectivity index (χ0n) is 9.81. The summed E-state index contributed by atoms with van der Waals surface area (Å²) in [5.74, 6) is 0. The molecule has 0 aliphatic carbocycles. The molecule has 0 fully saturated rings. The molecule has 0 saturated carbocycles. The fraction of sp³-hybridized carbons (Fsp3) is 0. The summed E-state index contributed by atoms with van der Waals surface area (Å²) in [4.78, 5) is 4.53. The summed E-state index contributed by atoms with van der Waals surface area (Å²) in [5.41, 5.74) is 2.39. The Morgan fingerprint density at radius 2 is 1.74 bits per heavy atom. The lowest BCUT2D eigenvalue weighted by Crippen LogP contribution is -1.77. The molecule has 0 radical (unpaired) electrons. The van der Waals surface area contributed by atoms with Crippen LogP contribution in [0.2, 0.25) is 0 Å². The Morgan fingerprint density at radius 1 is 1.00 bits per heavy atom. The highest BCUT2D eigenvalue weighted by atomic mass is 32.1. The summed E-state index contributed by atoms with van der Waals surface area (Å²) in [6, 6.07) is 14.9. The van der Waals surface area contributed by atoms with Crippen molar-refractivity contribution in [3.8, 4) is 10.6 Å². The topological polar surface area (TPSA) is 12.9 Å². The summed E-state index contributed by atoms with van der Waals surface area (Å²) in [6.45, 7) is 0. The van der Waals surface area contributed by atoms with Gasteiger partial charge in [0, 0.05) is 11.6 Å². The van der Waals surface area contributed by atoms with Crippen LogP contribution in [0.5, 0.6) is 0 Å². The van der Waals surface area contributed by atoms with Gasteiger partial charge in [-0.05, 0) is 17.7 Å². The number of fused-ring (bicyclic) bond motifs is 1. The summed E-state index contributed by atoms with van der Waals surface area (Å²) in [5, 5.41) is 0.900. The molecule has 4 heteroatoms. The maximum Gasteiger partial charge on any atom is 0.270 e. The first-order valence-electron chi connectivity index (χ1n) is 5.71. The van der Waals surface area contributed by atoms with Gasteiger partial charge >= 0.3 is 0 Å². The number of para-hydroxylation sites is 1. The second-order valence-electron chi connectivity index (χ2n) is 4.04. The number of hydrogen-bond donors (Lipinski definition) is 0. The average molecular weight is 273 g/mol. The standard InChI is InChI=1S/C15H9F2NS/c16-14(17)9-10-5-7-11(8-6-10)15-18-12-3-1-2-4-13(12)19-15/h1-9H. The average Bonchev–Trinajstić information content (AvgIpc) is 2.82. The maximum atomic E-state index is 12.1. The van der Waals surface area contributed by atoms with Gasteiger partial charge in [0.2, 0.25) is 0 Å². The number of benzene rings is 2. The number of aromatic nitrogens is 1. The van der Waals surface area contributed by atoms with Gasteiger partial charge in [-0.1, -0.05) is 36.4 Å². The fourth-order valence-electron chi connectivity index (χ4n) is 1.84. The molecule has 3 aromatic rings. The van der Waals surface area contributed by atoms with Gasteiger partial charge in [-0.15, -0.1) is 11.3 Å². The smallest absolute Gasteiger partial charge is 0.236 e. The molecule has 19 heavy (non-hydrogen) atoms. The number of rotatable bonds is 2. The normalized spacial score (nSPS) is 10.6. The van der Waals surface area contributed by atoms with Crippen LogP contribution in [0.3, 0.4) is 0 Å². The highest BCUT2D eigenvalue weighted by Crippen LogP contribution is 2.30. The number of nitrogens with zero attached hydrogens (tertiary/aromatic N) is 1. The molecule has 0 bridgehead atoms. The predicted octanol–water partition coefficient (Wildman–Crippen LogP) is 5.20. The Bertz CT molecular complexity index is 707. The van der Waals surface area contributed by atoms with E-state index in [4.69, 9.17) is 0 Å². The van der Waals surface area contributed by atoms with Gasteiger partial charge in [-0.25, -0.2) is 4.98 Å². The Kier molecular flexibility index (Phi) is 3.09. The lowest BCUT2D eigenvalue weighted by Gasteiger charge is -1.97. The molecule has 0 aliphatic rings. The van der Waals surface area contributed by atoms with Crippen LogP contribution in [-0.4, -0.2) is 4.98 Å². The molecule has 0 unspecified atom stereocenters. The molecule has 3 rings (SSSR count). The fourth-order valence-corrected chi connectivity index (χ4v) is 2.81. The van der Waals surface area contributed by atoms with Crippen LogP contribution in [-0.2, 0) is 0 Å². The number of halogens is 2.